The SMILES string of the molecule is CCCCCCCCCCCCCCCCCC(=O)O[SiH3].[NaH]. The molecule has 0 aliphatic heterocycles. The second kappa shape index (κ2) is 21.7. The summed E-state index contributed by atoms with van der Waals surface area (Å²) in [6, 6.07) is 0. The van der Waals surface area contributed by atoms with Crippen LogP contribution in [0.3, 0.4) is 0 Å². The van der Waals surface area contributed by atoms with Crippen LogP contribution < -0.4 is 0 Å². The van der Waals surface area contributed by atoms with Gasteiger partial charge < -0.3 is 4.43 Å². The molecular formula is C18H39NaO2Si. The number of carbonyl (C=O) groups excluding carboxylic acids is 1. The maximum atomic E-state index is 11.0. The Hall–Kier alpha value is 0.687. The van der Waals surface area contributed by atoms with Crippen molar-refractivity contribution >= 4 is 46.0 Å². The zero-order chi connectivity index (χ0) is 15.6. The molecular weight excluding hydrogens is 299 g/mol. The van der Waals surface area contributed by atoms with Gasteiger partial charge in [-0.25, -0.2) is 0 Å². The standard InChI is InChI=1S/C18H38O2Si.Na.H/c1-2-3-4-5-6-7-8-9-10-11-12-13-14-15-16-17-18(19)20-21;;/h2-17H2,1,21H3;;. The van der Waals surface area contributed by atoms with E-state index in [1.54, 1.807) is 0 Å². The van der Waals surface area contributed by atoms with E-state index >= 15 is 0 Å². The molecule has 0 radical (unpaired) electrons. The van der Waals surface area contributed by atoms with E-state index in [4.69, 9.17) is 4.43 Å². The van der Waals surface area contributed by atoms with E-state index in [-0.39, 0.29) is 35.5 Å². The Morgan fingerprint density at radius 3 is 1.32 bits per heavy atom. The van der Waals surface area contributed by atoms with E-state index in [0.29, 0.717) is 16.9 Å². The molecule has 128 valence electrons. The Balaban J connectivity index is 0. The van der Waals surface area contributed by atoms with Crippen molar-refractivity contribution in [2.45, 2.75) is 110 Å². The fourth-order valence-corrected chi connectivity index (χ4v) is 2.95. The molecule has 0 saturated carbocycles. The number of rotatable bonds is 16. The van der Waals surface area contributed by atoms with E-state index in [0.717, 1.165) is 6.42 Å². The van der Waals surface area contributed by atoms with Gasteiger partial charge in [0.15, 0.2) is 0 Å². The van der Waals surface area contributed by atoms with Gasteiger partial charge in [0.2, 0.25) is 10.5 Å². The molecule has 0 spiro atoms. The molecule has 0 N–H and O–H groups in total. The predicted octanol–water partition coefficient (Wildman–Crippen LogP) is 4.42. The summed E-state index contributed by atoms with van der Waals surface area (Å²) in [5.41, 5.74) is 0. The Morgan fingerprint density at radius 2 is 1.00 bits per heavy atom. The van der Waals surface area contributed by atoms with E-state index in [9.17, 15) is 4.79 Å². The molecule has 0 atom stereocenters. The van der Waals surface area contributed by atoms with Crippen LogP contribution in [0.2, 0.25) is 0 Å². The normalized spacial score (nSPS) is 10.4. The molecule has 0 aromatic rings. The average Bonchev–Trinajstić information content (AvgIpc) is 2.50. The zero-order valence-electron chi connectivity index (χ0n) is 14.6. The second-order valence-corrected chi connectivity index (χ2v) is 6.68. The molecule has 0 rings (SSSR count). The number of hydrogen-bond acceptors (Lipinski definition) is 2. The third-order valence-corrected chi connectivity index (χ3v) is 4.67. The van der Waals surface area contributed by atoms with Crippen LogP contribution in [0.15, 0.2) is 0 Å². The molecule has 22 heavy (non-hydrogen) atoms. The molecule has 0 saturated heterocycles. The second-order valence-electron chi connectivity index (χ2n) is 6.28. The Bertz CT molecular complexity index is 225. The van der Waals surface area contributed by atoms with E-state index in [1.165, 1.54) is 89.9 Å². The topological polar surface area (TPSA) is 26.3 Å². The van der Waals surface area contributed by atoms with Gasteiger partial charge in [0, 0.05) is 6.42 Å². The Labute approximate surface area is 164 Å². The summed E-state index contributed by atoms with van der Waals surface area (Å²) < 4.78 is 4.77. The molecule has 2 nitrogen and oxygen atoms in total. The van der Waals surface area contributed by atoms with Crippen molar-refractivity contribution in [3.63, 3.8) is 0 Å². The first-order chi connectivity index (χ1) is 10.3. The Kier molecular flexibility index (Phi) is 24.6. The first-order valence-corrected chi connectivity index (χ1v) is 10.2. The van der Waals surface area contributed by atoms with Gasteiger partial charge in [0.05, 0.1) is 0 Å². The van der Waals surface area contributed by atoms with Crippen molar-refractivity contribution in [2.24, 2.45) is 0 Å². The van der Waals surface area contributed by atoms with Gasteiger partial charge in [-0.2, -0.15) is 0 Å². The van der Waals surface area contributed by atoms with Gasteiger partial charge in [0.25, 0.3) is 5.97 Å². The van der Waals surface area contributed by atoms with E-state index < -0.39 is 0 Å². The minimum atomic E-state index is -0.00337. The predicted molar refractivity (Wildman–Crippen MR) is 103 cm³/mol. The molecule has 0 amide bonds. The fourth-order valence-electron chi connectivity index (χ4n) is 2.74. The summed E-state index contributed by atoms with van der Waals surface area (Å²) >= 11 is 0. The maximum absolute atomic E-state index is 11.0. The van der Waals surface area contributed by atoms with Crippen molar-refractivity contribution in [3.8, 4) is 0 Å². The zero-order valence-corrected chi connectivity index (χ0v) is 16.6. The van der Waals surface area contributed by atoms with Crippen molar-refractivity contribution in [3.05, 3.63) is 0 Å². The Morgan fingerprint density at radius 1 is 0.682 bits per heavy atom. The summed E-state index contributed by atoms with van der Waals surface area (Å²) in [6.07, 6.45) is 21.1. The molecule has 4 heteroatoms. The molecule has 0 aromatic carbocycles. The van der Waals surface area contributed by atoms with E-state index in [1.807, 2.05) is 0 Å². The fraction of sp³-hybridized carbons (Fsp3) is 0.944. The van der Waals surface area contributed by atoms with Crippen LogP contribution in [-0.4, -0.2) is 46.0 Å². The van der Waals surface area contributed by atoms with Crippen molar-refractivity contribution < 1.29 is 9.22 Å². The summed E-state index contributed by atoms with van der Waals surface area (Å²) in [5.74, 6) is -0.00337. The molecule has 0 heterocycles. The quantitative estimate of drug-likeness (QED) is 0.307. The van der Waals surface area contributed by atoms with Crippen molar-refractivity contribution in [2.75, 3.05) is 0 Å². The molecule has 0 aliphatic carbocycles. The van der Waals surface area contributed by atoms with Gasteiger partial charge >= 0.3 is 29.6 Å². The molecule has 0 aromatic heterocycles. The van der Waals surface area contributed by atoms with Gasteiger partial charge in [-0.05, 0) is 6.42 Å². The third kappa shape index (κ3) is 20.7. The average molecular weight is 339 g/mol. The monoisotopic (exact) mass is 338 g/mol. The van der Waals surface area contributed by atoms with Crippen LogP contribution in [0.4, 0.5) is 0 Å². The van der Waals surface area contributed by atoms with Crippen LogP contribution >= 0.6 is 0 Å². The van der Waals surface area contributed by atoms with Crippen LogP contribution in [0, 0.1) is 0 Å². The molecule has 0 fully saturated rings. The molecule has 0 bridgehead atoms. The molecule has 0 aliphatic rings. The number of hydrogen-bond donors (Lipinski definition) is 0. The van der Waals surface area contributed by atoms with Gasteiger partial charge in [-0.15, -0.1) is 0 Å². The van der Waals surface area contributed by atoms with Gasteiger partial charge in [-0.1, -0.05) is 96.8 Å². The summed E-state index contributed by atoms with van der Waals surface area (Å²) in [6.45, 7) is 2.28. The number of unbranched alkanes of at least 4 members (excludes halogenated alkanes) is 14. The summed E-state index contributed by atoms with van der Waals surface area (Å²) in [5, 5.41) is 0. The van der Waals surface area contributed by atoms with Gasteiger partial charge in [0.1, 0.15) is 0 Å². The first-order valence-electron chi connectivity index (χ1n) is 9.38. The van der Waals surface area contributed by atoms with Crippen molar-refractivity contribution in [1.82, 2.24) is 0 Å². The van der Waals surface area contributed by atoms with Gasteiger partial charge in [-0.3, -0.25) is 4.79 Å². The van der Waals surface area contributed by atoms with Crippen LogP contribution in [0.5, 0.6) is 0 Å². The third-order valence-electron chi connectivity index (χ3n) is 4.21. The molecule has 0 unspecified atom stereocenters. The van der Waals surface area contributed by atoms with Crippen LogP contribution in [0.25, 0.3) is 0 Å². The van der Waals surface area contributed by atoms with Crippen LogP contribution in [0.1, 0.15) is 110 Å². The first kappa shape index (κ1) is 24.9. The van der Waals surface area contributed by atoms with E-state index in [2.05, 4.69) is 6.92 Å². The number of carbonyl (C=O) groups is 1. The van der Waals surface area contributed by atoms with Crippen LogP contribution in [-0.2, 0) is 9.22 Å². The summed E-state index contributed by atoms with van der Waals surface area (Å²) in [7, 11) is 0.544. The summed E-state index contributed by atoms with van der Waals surface area (Å²) in [4.78, 5) is 11.0. The van der Waals surface area contributed by atoms with Crippen molar-refractivity contribution in [1.29, 1.82) is 0 Å². The minimum absolute atomic E-state index is 0.